The number of benzene rings is 2. The van der Waals surface area contributed by atoms with Crippen LogP contribution in [-0.4, -0.2) is 18.7 Å². The quantitative estimate of drug-likeness (QED) is 0.674. The van der Waals surface area contributed by atoms with E-state index in [0.717, 1.165) is 5.56 Å². The Bertz CT molecular complexity index is 658. The number of nitriles is 1. The van der Waals surface area contributed by atoms with Crippen LogP contribution in [0, 0.1) is 11.3 Å². The summed E-state index contributed by atoms with van der Waals surface area (Å²) in [6.07, 6.45) is 1.54. The van der Waals surface area contributed by atoms with Crippen LogP contribution in [0.5, 0.6) is 5.75 Å². The predicted octanol–water partition coefficient (Wildman–Crippen LogP) is 2.35. The van der Waals surface area contributed by atoms with Crippen molar-refractivity contribution < 1.29 is 9.53 Å². The van der Waals surface area contributed by atoms with Crippen LogP contribution in [0.2, 0.25) is 0 Å². The van der Waals surface area contributed by atoms with Crippen molar-refractivity contribution in [2.75, 3.05) is 6.61 Å². The summed E-state index contributed by atoms with van der Waals surface area (Å²) in [6.45, 7) is 0.0145. The summed E-state index contributed by atoms with van der Waals surface area (Å²) in [5, 5.41) is 12.3. The van der Waals surface area contributed by atoms with Crippen molar-refractivity contribution in [1.82, 2.24) is 5.43 Å². The van der Waals surface area contributed by atoms with E-state index >= 15 is 0 Å². The van der Waals surface area contributed by atoms with E-state index in [9.17, 15) is 4.79 Å². The number of carbonyl (C=O) groups excluding carboxylic acids is 1. The molecule has 0 saturated carbocycles. The third-order valence-corrected chi connectivity index (χ3v) is 2.60. The molecule has 104 valence electrons. The first kappa shape index (κ1) is 14.3. The van der Waals surface area contributed by atoms with Gasteiger partial charge in [0.2, 0.25) is 0 Å². The molecule has 0 fully saturated rings. The van der Waals surface area contributed by atoms with Gasteiger partial charge in [-0.3, -0.25) is 4.79 Å². The molecule has 0 aliphatic heterocycles. The van der Waals surface area contributed by atoms with Crippen molar-refractivity contribution in [3.8, 4) is 11.8 Å². The number of rotatable bonds is 5. The van der Waals surface area contributed by atoms with Crippen LogP contribution in [0.15, 0.2) is 59.7 Å². The number of hydrazone groups is 1. The first-order valence-corrected chi connectivity index (χ1v) is 6.28. The maximum absolute atomic E-state index is 11.7. The second-order valence-corrected chi connectivity index (χ2v) is 4.08. The molecule has 0 radical (unpaired) electrons. The molecule has 5 nitrogen and oxygen atoms in total. The summed E-state index contributed by atoms with van der Waals surface area (Å²) in [5.74, 6) is 0.350. The summed E-state index contributed by atoms with van der Waals surface area (Å²) in [4.78, 5) is 11.7. The average molecular weight is 279 g/mol. The molecule has 0 aliphatic rings. The molecule has 21 heavy (non-hydrogen) atoms. The number of hydrogen-bond donors (Lipinski definition) is 1. The highest BCUT2D eigenvalue weighted by Crippen LogP contribution is 2.10. The van der Waals surface area contributed by atoms with E-state index in [1.54, 1.807) is 48.5 Å². The molecule has 0 spiro atoms. The number of nitrogens with zero attached hydrogens (tertiary/aromatic N) is 2. The molecule has 1 amide bonds. The maximum Gasteiger partial charge on any atom is 0.271 e. The fraction of sp³-hybridized carbons (Fsp3) is 0.0625. The molecule has 2 aromatic rings. The Morgan fingerprint density at radius 3 is 2.57 bits per heavy atom. The van der Waals surface area contributed by atoms with Crippen LogP contribution < -0.4 is 10.2 Å². The molecule has 2 aromatic carbocycles. The van der Waals surface area contributed by atoms with Crippen molar-refractivity contribution in [1.29, 1.82) is 5.26 Å². The molecule has 0 aromatic heterocycles. The largest absolute Gasteiger partial charge is 0.479 e. The number of carbonyl (C=O) groups is 1. The minimum Gasteiger partial charge on any atom is -0.479 e. The van der Waals surface area contributed by atoms with Crippen molar-refractivity contribution in [3.05, 3.63) is 65.7 Å². The number of hydrogen-bond acceptors (Lipinski definition) is 4. The molecule has 0 aliphatic carbocycles. The number of nitrogens with one attached hydrogen (secondary N) is 1. The summed E-state index contributed by atoms with van der Waals surface area (Å²) >= 11 is 0. The van der Waals surface area contributed by atoms with Gasteiger partial charge in [0.25, 0.3) is 5.91 Å². The highest BCUT2D eigenvalue weighted by atomic mass is 16.5. The Morgan fingerprint density at radius 1 is 1.19 bits per heavy atom. The minimum atomic E-state index is -0.263. The summed E-state index contributed by atoms with van der Waals surface area (Å²) in [5.41, 5.74) is 3.82. The zero-order valence-electron chi connectivity index (χ0n) is 11.2. The van der Waals surface area contributed by atoms with Crippen LogP contribution in [-0.2, 0) is 0 Å². The van der Waals surface area contributed by atoms with Gasteiger partial charge in [0.1, 0.15) is 11.8 Å². The Morgan fingerprint density at radius 2 is 1.90 bits per heavy atom. The Balaban J connectivity index is 1.90. The van der Waals surface area contributed by atoms with E-state index < -0.39 is 0 Å². The molecular formula is C16H13N3O2. The highest BCUT2D eigenvalue weighted by molar-refractivity contribution is 5.94. The van der Waals surface area contributed by atoms with E-state index in [4.69, 9.17) is 10.00 Å². The van der Waals surface area contributed by atoms with Gasteiger partial charge in [-0.2, -0.15) is 10.4 Å². The Kier molecular flexibility index (Phi) is 5.07. The fourth-order valence-corrected chi connectivity index (χ4v) is 1.59. The van der Waals surface area contributed by atoms with Gasteiger partial charge in [0, 0.05) is 5.56 Å². The molecule has 0 unspecified atom stereocenters. The maximum atomic E-state index is 11.7. The van der Waals surface area contributed by atoms with E-state index in [1.165, 1.54) is 6.21 Å². The zero-order chi connectivity index (χ0) is 14.9. The van der Waals surface area contributed by atoms with Gasteiger partial charge >= 0.3 is 0 Å². The lowest BCUT2D eigenvalue weighted by molar-refractivity contribution is 0.0955. The zero-order valence-corrected chi connectivity index (χ0v) is 11.2. The van der Waals surface area contributed by atoms with Crippen LogP contribution in [0.1, 0.15) is 15.9 Å². The van der Waals surface area contributed by atoms with Crippen molar-refractivity contribution in [3.63, 3.8) is 0 Å². The lowest BCUT2D eigenvalue weighted by Gasteiger charge is -2.01. The van der Waals surface area contributed by atoms with Gasteiger partial charge in [-0.25, -0.2) is 5.43 Å². The Labute approximate surface area is 122 Å². The van der Waals surface area contributed by atoms with Gasteiger partial charge < -0.3 is 4.74 Å². The number of ether oxygens (including phenoxy) is 1. The third kappa shape index (κ3) is 4.48. The standard InChI is InChI=1S/C16H13N3O2/c17-10-11-21-15-8-6-13(7-9-15)12-18-19-16(20)14-4-2-1-3-5-14/h1-9,12H,11H2,(H,19,20)/b18-12+. The van der Waals surface area contributed by atoms with Crippen molar-refractivity contribution in [2.24, 2.45) is 5.10 Å². The number of amides is 1. The third-order valence-electron chi connectivity index (χ3n) is 2.60. The summed E-state index contributed by atoms with van der Waals surface area (Å²) in [7, 11) is 0. The second-order valence-electron chi connectivity index (χ2n) is 4.08. The SMILES string of the molecule is N#CCOc1ccc(/C=N/NC(=O)c2ccccc2)cc1. The van der Waals surface area contributed by atoms with E-state index in [0.29, 0.717) is 11.3 Å². The van der Waals surface area contributed by atoms with Crippen LogP contribution in [0.25, 0.3) is 0 Å². The molecule has 2 rings (SSSR count). The van der Waals surface area contributed by atoms with Gasteiger partial charge in [0.05, 0.1) is 6.21 Å². The van der Waals surface area contributed by atoms with Crippen LogP contribution >= 0.6 is 0 Å². The van der Waals surface area contributed by atoms with E-state index in [1.807, 2.05) is 12.1 Å². The monoisotopic (exact) mass is 279 g/mol. The van der Waals surface area contributed by atoms with E-state index in [-0.39, 0.29) is 12.5 Å². The highest BCUT2D eigenvalue weighted by Gasteiger charge is 2.01. The van der Waals surface area contributed by atoms with E-state index in [2.05, 4.69) is 10.5 Å². The first-order chi connectivity index (χ1) is 10.3. The fourth-order valence-electron chi connectivity index (χ4n) is 1.59. The molecular weight excluding hydrogens is 266 g/mol. The molecule has 0 bridgehead atoms. The van der Waals surface area contributed by atoms with Gasteiger partial charge in [-0.15, -0.1) is 0 Å². The molecule has 0 atom stereocenters. The van der Waals surface area contributed by atoms with Gasteiger partial charge in [-0.1, -0.05) is 18.2 Å². The molecule has 0 saturated heterocycles. The topological polar surface area (TPSA) is 74.5 Å². The second kappa shape index (κ2) is 7.46. The normalized spacial score (nSPS) is 10.0. The molecule has 0 heterocycles. The van der Waals surface area contributed by atoms with Crippen molar-refractivity contribution >= 4 is 12.1 Å². The van der Waals surface area contributed by atoms with Gasteiger partial charge in [0.15, 0.2) is 6.61 Å². The van der Waals surface area contributed by atoms with Crippen LogP contribution in [0.4, 0.5) is 0 Å². The van der Waals surface area contributed by atoms with Gasteiger partial charge in [-0.05, 0) is 42.0 Å². The molecule has 5 heteroatoms. The summed E-state index contributed by atoms with van der Waals surface area (Å²) < 4.78 is 5.14. The molecule has 1 N–H and O–H groups in total. The summed E-state index contributed by atoms with van der Waals surface area (Å²) in [6, 6.07) is 17.8. The van der Waals surface area contributed by atoms with Crippen molar-refractivity contribution in [2.45, 2.75) is 0 Å². The smallest absolute Gasteiger partial charge is 0.271 e. The average Bonchev–Trinajstić information content (AvgIpc) is 2.55. The predicted molar refractivity (Wildman–Crippen MR) is 79.1 cm³/mol. The minimum absolute atomic E-state index is 0.0145. The lowest BCUT2D eigenvalue weighted by Crippen LogP contribution is -2.17. The lowest BCUT2D eigenvalue weighted by atomic mass is 10.2. The first-order valence-electron chi connectivity index (χ1n) is 6.28. The Hall–Kier alpha value is -3.13. The van der Waals surface area contributed by atoms with Crippen LogP contribution in [0.3, 0.4) is 0 Å².